The largest absolute Gasteiger partial charge is 0.228 e. The molecule has 2 heteroatoms. The Morgan fingerprint density at radius 3 is 1.68 bits per heavy atom. The fourth-order valence-corrected chi connectivity index (χ4v) is 9.11. The van der Waals surface area contributed by atoms with Gasteiger partial charge in [-0.05, 0) is 101 Å². The van der Waals surface area contributed by atoms with Crippen LogP contribution in [0, 0.1) is 0 Å². The molecule has 57 heavy (non-hydrogen) atoms. The summed E-state index contributed by atoms with van der Waals surface area (Å²) in [6.45, 7) is 4.71. The van der Waals surface area contributed by atoms with Gasteiger partial charge in [0.2, 0.25) is 0 Å². The van der Waals surface area contributed by atoms with Crippen LogP contribution in [0.5, 0.6) is 0 Å². The van der Waals surface area contributed by atoms with Crippen molar-refractivity contribution < 1.29 is 0 Å². The summed E-state index contributed by atoms with van der Waals surface area (Å²) in [6, 6.07) is 70.2. The van der Waals surface area contributed by atoms with E-state index >= 15 is 0 Å². The maximum atomic E-state index is 5.26. The van der Waals surface area contributed by atoms with Gasteiger partial charge in [0.25, 0.3) is 0 Å². The second kappa shape index (κ2) is 13.0. The number of nitrogens with zero attached hydrogens (tertiary/aromatic N) is 2. The van der Waals surface area contributed by atoms with Crippen LogP contribution in [0.15, 0.2) is 194 Å². The van der Waals surface area contributed by atoms with Gasteiger partial charge in [-0.2, -0.15) is 0 Å². The van der Waals surface area contributed by atoms with Gasteiger partial charge in [-0.25, -0.2) is 9.97 Å². The first-order valence-corrected chi connectivity index (χ1v) is 19.7. The van der Waals surface area contributed by atoms with Gasteiger partial charge >= 0.3 is 0 Å². The van der Waals surface area contributed by atoms with Crippen molar-refractivity contribution in [3.05, 3.63) is 205 Å². The molecule has 10 aromatic rings. The Bertz CT molecular complexity index is 3190. The topological polar surface area (TPSA) is 25.8 Å². The first kappa shape index (κ1) is 33.2. The summed E-state index contributed by atoms with van der Waals surface area (Å²) in [5.41, 5.74) is 15.2. The van der Waals surface area contributed by atoms with E-state index in [2.05, 4.69) is 202 Å². The van der Waals surface area contributed by atoms with Crippen LogP contribution in [0.4, 0.5) is 0 Å². The van der Waals surface area contributed by atoms with Gasteiger partial charge in [0.05, 0.1) is 11.4 Å². The molecule has 0 atom stereocenters. The van der Waals surface area contributed by atoms with E-state index in [4.69, 9.17) is 9.97 Å². The molecular weight excluding hydrogens is 689 g/mol. The number of hydrogen-bond acceptors (Lipinski definition) is 2. The highest BCUT2D eigenvalue weighted by Gasteiger charge is 2.36. The molecule has 0 unspecified atom stereocenters. The molecular formula is C55H38N2. The quantitative estimate of drug-likeness (QED) is 0.176. The Morgan fingerprint density at radius 1 is 0.333 bits per heavy atom. The van der Waals surface area contributed by atoms with Crippen LogP contribution < -0.4 is 0 Å². The van der Waals surface area contributed by atoms with Crippen LogP contribution in [0.3, 0.4) is 0 Å². The normalized spacial score (nSPS) is 12.9. The van der Waals surface area contributed by atoms with Gasteiger partial charge in [0.1, 0.15) is 0 Å². The van der Waals surface area contributed by atoms with Crippen molar-refractivity contribution in [2.45, 2.75) is 19.3 Å². The van der Waals surface area contributed by atoms with Gasteiger partial charge in [-0.3, -0.25) is 0 Å². The summed E-state index contributed by atoms with van der Waals surface area (Å²) < 4.78 is 0. The first-order chi connectivity index (χ1) is 28.0. The van der Waals surface area contributed by atoms with Crippen LogP contribution in [-0.4, -0.2) is 9.97 Å². The average molecular weight is 727 g/mol. The smallest absolute Gasteiger partial charge is 0.161 e. The molecule has 0 saturated carbocycles. The molecule has 0 radical (unpaired) electrons. The molecule has 268 valence electrons. The van der Waals surface area contributed by atoms with Crippen LogP contribution in [0.2, 0.25) is 0 Å². The monoisotopic (exact) mass is 726 g/mol. The van der Waals surface area contributed by atoms with E-state index in [1.165, 1.54) is 71.4 Å². The molecule has 11 rings (SSSR count). The molecule has 9 aromatic carbocycles. The molecule has 0 bridgehead atoms. The number of rotatable bonds is 5. The zero-order valence-electron chi connectivity index (χ0n) is 31.9. The predicted molar refractivity (Wildman–Crippen MR) is 239 cm³/mol. The van der Waals surface area contributed by atoms with E-state index in [1.807, 2.05) is 6.07 Å². The summed E-state index contributed by atoms with van der Waals surface area (Å²) >= 11 is 0. The minimum absolute atomic E-state index is 0.0454. The van der Waals surface area contributed by atoms with E-state index in [0.717, 1.165) is 33.5 Å². The summed E-state index contributed by atoms with van der Waals surface area (Å²) in [5.74, 6) is 0.715. The summed E-state index contributed by atoms with van der Waals surface area (Å²) in [4.78, 5) is 10.5. The average Bonchev–Trinajstić information content (AvgIpc) is 3.51. The lowest BCUT2D eigenvalue weighted by Crippen LogP contribution is -2.14. The van der Waals surface area contributed by atoms with Gasteiger partial charge in [0.15, 0.2) is 5.82 Å². The molecule has 1 aliphatic carbocycles. The van der Waals surface area contributed by atoms with Gasteiger partial charge in [-0.15, -0.1) is 0 Å². The number of fused-ring (bicyclic) bond motifs is 7. The lowest BCUT2D eigenvalue weighted by Gasteiger charge is -2.21. The maximum Gasteiger partial charge on any atom is 0.161 e. The van der Waals surface area contributed by atoms with Crippen molar-refractivity contribution in [2.75, 3.05) is 0 Å². The van der Waals surface area contributed by atoms with Gasteiger partial charge in [0, 0.05) is 22.1 Å². The lowest BCUT2D eigenvalue weighted by molar-refractivity contribution is 0.661. The molecule has 1 heterocycles. The molecule has 1 aromatic heterocycles. The highest BCUT2D eigenvalue weighted by Crippen LogP contribution is 2.52. The van der Waals surface area contributed by atoms with E-state index in [1.54, 1.807) is 0 Å². The molecule has 0 amide bonds. The molecule has 0 spiro atoms. The van der Waals surface area contributed by atoms with E-state index < -0.39 is 0 Å². The summed E-state index contributed by atoms with van der Waals surface area (Å²) in [7, 11) is 0. The number of hydrogen-bond donors (Lipinski definition) is 0. The first-order valence-electron chi connectivity index (χ1n) is 19.7. The van der Waals surface area contributed by atoms with Crippen molar-refractivity contribution in [1.29, 1.82) is 0 Å². The zero-order valence-corrected chi connectivity index (χ0v) is 31.9. The highest BCUT2D eigenvalue weighted by atomic mass is 14.9. The third-order valence-electron chi connectivity index (χ3n) is 12.1. The number of aromatic nitrogens is 2. The van der Waals surface area contributed by atoms with E-state index in [-0.39, 0.29) is 5.41 Å². The second-order valence-corrected chi connectivity index (χ2v) is 15.8. The van der Waals surface area contributed by atoms with Gasteiger partial charge in [-0.1, -0.05) is 184 Å². The second-order valence-electron chi connectivity index (χ2n) is 15.8. The van der Waals surface area contributed by atoms with Crippen LogP contribution in [0.1, 0.15) is 25.0 Å². The Morgan fingerprint density at radius 2 is 0.895 bits per heavy atom. The third kappa shape index (κ3) is 5.48. The Kier molecular flexibility index (Phi) is 7.55. The van der Waals surface area contributed by atoms with Crippen molar-refractivity contribution >= 4 is 32.3 Å². The van der Waals surface area contributed by atoms with Crippen LogP contribution in [-0.2, 0) is 5.41 Å². The fraction of sp³-hybridized carbons (Fsp3) is 0.0545. The van der Waals surface area contributed by atoms with Crippen molar-refractivity contribution in [1.82, 2.24) is 9.97 Å². The molecule has 0 aliphatic heterocycles. The standard InChI is InChI=1S/C55H38N2/c1-55(2)49-30-27-41(33-48(49)53-44-17-9-8-13-37(44)26-31-50(53)55)36-20-23-38(24-21-36)43-28-29-47(46-19-11-10-18-45(43)46)54-56-51(39-14-4-3-5-15-39)34-52(57-54)42-25-22-35-12-6-7-16-40(35)32-42/h3-34H,1-2H3. The Hall–Kier alpha value is -7.16. The molecule has 2 nitrogen and oxygen atoms in total. The van der Waals surface area contributed by atoms with E-state index in [0.29, 0.717) is 5.82 Å². The minimum atomic E-state index is -0.0454. The fourth-order valence-electron chi connectivity index (χ4n) is 9.11. The minimum Gasteiger partial charge on any atom is -0.228 e. The Balaban J connectivity index is 0.992. The van der Waals surface area contributed by atoms with Crippen molar-refractivity contribution in [3.8, 4) is 67.3 Å². The molecule has 0 saturated heterocycles. The molecule has 0 fully saturated rings. The molecule has 1 aliphatic rings. The SMILES string of the molecule is CC1(C)c2ccc(-c3ccc(-c4ccc(-c5nc(-c6ccccc6)cc(-c6ccc7ccccc7c6)n5)c5ccccc45)cc3)cc2-c2c1ccc1ccccc21. The lowest BCUT2D eigenvalue weighted by atomic mass is 9.82. The highest BCUT2D eigenvalue weighted by molar-refractivity contribution is 6.05. The maximum absolute atomic E-state index is 5.26. The summed E-state index contributed by atoms with van der Waals surface area (Å²) in [6.07, 6.45) is 0. The van der Waals surface area contributed by atoms with Crippen LogP contribution in [0.25, 0.3) is 99.6 Å². The number of benzene rings is 9. The Labute approximate surface area is 332 Å². The zero-order chi connectivity index (χ0) is 38.1. The molecule has 0 N–H and O–H groups in total. The predicted octanol–water partition coefficient (Wildman–Crippen LogP) is 14.6. The van der Waals surface area contributed by atoms with Crippen molar-refractivity contribution in [2.24, 2.45) is 0 Å². The van der Waals surface area contributed by atoms with Crippen LogP contribution >= 0.6 is 0 Å². The van der Waals surface area contributed by atoms with E-state index in [9.17, 15) is 0 Å². The third-order valence-corrected chi connectivity index (χ3v) is 12.1. The van der Waals surface area contributed by atoms with Gasteiger partial charge < -0.3 is 0 Å². The van der Waals surface area contributed by atoms with Crippen molar-refractivity contribution in [3.63, 3.8) is 0 Å². The summed E-state index contributed by atoms with van der Waals surface area (Å²) in [5, 5.41) is 7.31.